The summed E-state index contributed by atoms with van der Waals surface area (Å²) in [6.07, 6.45) is 6.68. The lowest BCUT2D eigenvalue weighted by Crippen LogP contribution is -2.47. The van der Waals surface area contributed by atoms with Gasteiger partial charge in [0.05, 0.1) is 11.1 Å². The zero-order chi connectivity index (χ0) is 26.8. The smallest absolute Gasteiger partial charge is 0.0948 e. The first-order chi connectivity index (χ1) is 19.2. The van der Waals surface area contributed by atoms with Crippen molar-refractivity contribution >= 4 is 0 Å². The molecular formula is C36H42N2O. The molecule has 5 rings (SSSR count). The molecular weight excluding hydrogens is 476 g/mol. The van der Waals surface area contributed by atoms with Crippen LogP contribution in [0.3, 0.4) is 0 Å². The molecule has 202 valence electrons. The number of nitrogens with one attached hydrogen (secondary N) is 2. The van der Waals surface area contributed by atoms with Crippen molar-refractivity contribution in [2.45, 2.75) is 49.7 Å². The predicted molar refractivity (Wildman–Crippen MR) is 162 cm³/mol. The molecule has 1 atom stereocenters. The minimum atomic E-state index is -0.774. The maximum Gasteiger partial charge on any atom is 0.0948 e. The molecule has 0 amide bonds. The Hall–Kier alpha value is -3.24. The Kier molecular flexibility index (Phi) is 9.26. The standard InChI is InChI=1S/C36H42N2O/c39-35(30-16-6-1-7-17-30,31-18-8-2-9-19-31)26-27-37-28-29-38-36(32-20-10-3-11-21-32,33-22-12-4-13-23-33)34-24-14-5-15-25-34/h1,3-7,10-17,20-25,31,37-39H,2,8-9,18-19,26-29H2. The van der Waals surface area contributed by atoms with E-state index >= 15 is 0 Å². The molecule has 1 aliphatic rings. The van der Waals surface area contributed by atoms with Crippen LogP contribution >= 0.6 is 0 Å². The van der Waals surface area contributed by atoms with Crippen molar-refractivity contribution in [3.63, 3.8) is 0 Å². The van der Waals surface area contributed by atoms with E-state index < -0.39 is 11.1 Å². The molecule has 1 fully saturated rings. The highest BCUT2D eigenvalue weighted by atomic mass is 16.3. The van der Waals surface area contributed by atoms with Crippen molar-refractivity contribution in [2.24, 2.45) is 5.92 Å². The Morgan fingerprint density at radius 2 is 0.974 bits per heavy atom. The van der Waals surface area contributed by atoms with Crippen LogP contribution in [0.4, 0.5) is 0 Å². The molecule has 4 aromatic rings. The van der Waals surface area contributed by atoms with Gasteiger partial charge in [0.25, 0.3) is 0 Å². The molecule has 3 nitrogen and oxygen atoms in total. The second-order valence-corrected chi connectivity index (χ2v) is 10.9. The molecule has 1 aliphatic carbocycles. The van der Waals surface area contributed by atoms with E-state index in [9.17, 15) is 5.11 Å². The molecule has 3 N–H and O–H groups in total. The van der Waals surface area contributed by atoms with E-state index in [0.717, 1.165) is 44.5 Å². The second-order valence-electron chi connectivity index (χ2n) is 10.9. The number of hydrogen-bond acceptors (Lipinski definition) is 3. The number of aliphatic hydroxyl groups is 1. The fraction of sp³-hybridized carbons (Fsp3) is 0.333. The lowest BCUT2D eigenvalue weighted by Gasteiger charge is -2.39. The second kappa shape index (κ2) is 13.2. The summed E-state index contributed by atoms with van der Waals surface area (Å²) < 4.78 is 0. The summed E-state index contributed by atoms with van der Waals surface area (Å²) in [5.41, 5.74) is 3.49. The molecule has 0 heterocycles. The molecule has 0 aromatic heterocycles. The van der Waals surface area contributed by atoms with Gasteiger partial charge >= 0.3 is 0 Å². The van der Waals surface area contributed by atoms with Crippen LogP contribution in [0.2, 0.25) is 0 Å². The third kappa shape index (κ3) is 6.17. The fourth-order valence-electron chi connectivity index (χ4n) is 6.50. The van der Waals surface area contributed by atoms with E-state index in [2.05, 4.69) is 126 Å². The first kappa shape index (κ1) is 27.3. The largest absolute Gasteiger partial charge is 0.385 e. The zero-order valence-corrected chi connectivity index (χ0v) is 22.9. The van der Waals surface area contributed by atoms with Gasteiger partial charge < -0.3 is 10.4 Å². The normalized spacial score (nSPS) is 16.0. The summed E-state index contributed by atoms with van der Waals surface area (Å²) in [6, 6.07) is 42.5. The van der Waals surface area contributed by atoms with Gasteiger partial charge in [0.15, 0.2) is 0 Å². The summed E-state index contributed by atoms with van der Waals surface area (Å²) in [6.45, 7) is 2.37. The number of benzene rings is 4. The summed E-state index contributed by atoms with van der Waals surface area (Å²) in [7, 11) is 0. The SMILES string of the molecule is OC(CCNCCNC(c1ccccc1)(c1ccccc1)c1ccccc1)(c1ccccc1)C1CCCCC1. The zero-order valence-electron chi connectivity index (χ0n) is 22.9. The van der Waals surface area contributed by atoms with Gasteiger partial charge in [-0.05, 0) is 54.0 Å². The summed E-state index contributed by atoms with van der Waals surface area (Å²) >= 11 is 0. The molecule has 3 heteroatoms. The fourth-order valence-corrected chi connectivity index (χ4v) is 6.50. The van der Waals surface area contributed by atoms with E-state index in [1.165, 1.54) is 36.0 Å². The van der Waals surface area contributed by atoms with Crippen molar-refractivity contribution in [2.75, 3.05) is 19.6 Å². The monoisotopic (exact) mass is 518 g/mol. The van der Waals surface area contributed by atoms with Gasteiger partial charge in [0.1, 0.15) is 0 Å². The molecule has 1 saturated carbocycles. The van der Waals surface area contributed by atoms with E-state index in [-0.39, 0.29) is 0 Å². The van der Waals surface area contributed by atoms with E-state index in [1.54, 1.807) is 0 Å². The Morgan fingerprint density at radius 3 is 1.44 bits per heavy atom. The third-order valence-electron chi connectivity index (χ3n) is 8.55. The summed E-state index contributed by atoms with van der Waals surface area (Å²) in [5.74, 6) is 0.329. The minimum Gasteiger partial charge on any atom is -0.385 e. The first-order valence-electron chi connectivity index (χ1n) is 14.6. The summed E-state index contributed by atoms with van der Waals surface area (Å²) in [5, 5.41) is 19.6. The maximum atomic E-state index is 12.0. The predicted octanol–water partition coefficient (Wildman–Crippen LogP) is 7.02. The molecule has 0 aliphatic heterocycles. The highest BCUT2D eigenvalue weighted by Crippen LogP contribution is 2.41. The minimum absolute atomic E-state index is 0.329. The van der Waals surface area contributed by atoms with Crippen LogP contribution in [-0.4, -0.2) is 24.7 Å². The van der Waals surface area contributed by atoms with Gasteiger partial charge in [-0.3, -0.25) is 5.32 Å². The average molecular weight is 519 g/mol. The molecule has 1 unspecified atom stereocenters. The Balaban J connectivity index is 1.30. The topological polar surface area (TPSA) is 44.3 Å². The van der Waals surface area contributed by atoms with Crippen LogP contribution < -0.4 is 10.6 Å². The lowest BCUT2D eigenvalue weighted by molar-refractivity contribution is -0.0455. The molecule has 0 bridgehead atoms. The lowest BCUT2D eigenvalue weighted by atomic mass is 9.72. The highest BCUT2D eigenvalue weighted by molar-refractivity contribution is 5.49. The molecule has 39 heavy (non-hydrogen) atoms. The van der Waals surface area contributed by atoms with Crippen LogP contribution in [0.25, 0.3) is 0 Å². The van der Waals surface area contributed by atoms with Gasteiger partial charge in [-0.15, -0.1) is 0 Å². The van der Waals surface area contributed by atoms with Crippen LogP contribution in [-0.2, 0) is 11.1 Å². The third-order valence-corrected chi connectivity index (χ3v) is 8.55. The van der Waals surface area contributed by atoms with E-state index in [0.29, 0.717) is 5.92 Å². The molecule has 0 spiro atoms. The van der Waals surface area contributed by atoms with E-state index in [1.807, 2.05) is 6.07 Å². The van der Waals surface area contributed by atoms with Crippen LogP contribution in [0.1, 0.15) is 60.8 Å². The van der Waals surface area contributed by atoms with Crippen molar-refractivity contribution in [1.82, 2.24) is 10.6 Å². The van der Waals surface area contributed by atoms with Gasteiger partial charge in [-0.2, -0.15) is 0 Å². The van der Waals surface area contributed by atoms with Crippen molar-refractivity contribution < 1.29 is 5.11 Å². The van der Waals surface area contributed by atoms with Gasteiger partial charge in [-0.1, -0.05) is 141 Å². The van der Waals surface area contributed by atoms with Gasteiger partial charge in [0.2, 0.25) is 0 Å². The highest BCUT2D eigenvalue weighted by Gasteiger charge is 2.38. The van der Waals surface area contributed by atoms with Crippen LogP contribution in [0.15, 0.2) is 121 Å². The maximum absolute atomic E-state index is 12.0. The molecule has 0 radical (unpaired) electrons. The van der Waals surface area contributed by atoms with Gasteiger partial charge in [-0.25, -0.2) is 0 Å². The van der Waals surface area contributed by atoms with Crippen molar-refractivity contribution in [3.05, 3.63) is 144 Å². The first-order valence-corrected chi connectivity index (χ1v) is 14.6. The van der Waals surface area contributed by atoms with Crippen LogP contribution in [0, 0.1) is 5.92 Å². The number of hydrogen-bond donors (Lipinski definition) is 3. The Bertz CT molecular complexity index is 1140. The van der Waals surface area contributed by atoms with Crippen molar-refractivity contribution in [3.8, 4) is 0 Å². The molecule has 0 saturated heterocycles. The van der Waals surface area contributed by atoms with Gasteiger partial charge in [0, 0.05) is 13.1 Å². The van der Waals surface area contributed by atoms with E-state index in [4.69, 9.17) is 0 Å². The van der Waals surface area contributed by atoms with Crippen molar-refractivity contribution in [1.29, 1.82) is 0 Å². The average Bonchev–Trinajstić information content (AvgIpc) is 3.03. The van der Waals surface area contributed by atoms with Crippen LogP contribution in [0.5, 0.6) is 0 Å². The number of rotatable bonds is 12. The Morgan fingerprint density at radius 1 is 0.538 bits per heavy atom. The Labute approximate surface area is 234 Å². The quantitative estimate of drug-likeness (QED) is 0.140. The molecule has 4 aromatic carbocycles. The summed E-state index contributed by atoms with van der Waals surface area (Å²) in [4.78, 5) is 0.